The Kier molecular flexibility index (Phi) is 6.28. The molecule has 0 spiro atoms. The van der Waals surface area contributed by atoms with Crippen molar-refractivity contribution in [1.29, 1.82) is 0 Å². The van der Waals surface area contributed by atoms with Crippen molar-refractivity contribution in [3.8, 4) is 0 Å². The van der Waals surface area contributed by atoms with E-state index in [0.29, 0.717) is 0 Å². The number of hydrogen-bond acceptors (Lipinski definition) is 7. The lowest BCUT2D eigenvalue weighted by Gasteiger charge is -2.34. The molecular weight excluding hydrogens is 308 g/mol. The first-order valence-electron chi connectivity index (χ1n) is 6.78. The second-order valence-corrected chi connectivity index (χ2v) is 5.04. The van der Waals surface area contributed by atoms with E-state index in [4.69, 9.17) is 14.9 Å². The normalized spacial score (nSPS) is 23.8. The monoisotopic (exact) mass is 328 g/mol. The summed E-state index contributed by atoms with van der Waals surface area (Å²) >= 11 is 0. The van der Waals surface area contributed by atoms with Crippen LogP contribution in [0.5, 0.6) is 0 Å². The van der Waals surface area contributed by atoms with Gasteiger partial charge >= 0.3 is 11.9 Å². The first kappa shape index (κ1) is 18.7. The third kappa shape index (κ3) is 4.80. The molecule has 9 heteroatoms. The molecule has 1 rings (SSSR count). The van der Waals surface area contributed by atoms with Gasteiger partial charge in [0.25, 0.3) is 0 Å². The molecule has 0 radical (unpaired) electrons. The Bertz CT molecular complexity index is 580. The standard InChI is InChI=1S/C14H20N2O7/c1-3-8(13(20)21)16-10-5-14(22,7-17)4-9(12(10)23-2)15-6-11(18)19/h3,16-17,22H,4-7H2,1-2H3,(H,18,19)(H,20,21). The average Bonchev–Trinajstić information content (AvgIpc) is 2.49. The SMILES string of the molecule is CC=C(NC1=C(OC)C(=NCC(=O)O)CC(O)(CO)C1)C(=O)O. The summed E-state index contributed by atoms with van der Waals surface area (Å²) < 4.78 is 5.19. The molecule has 0 aromatic rings. The van der Waals surface area contributed by atoms with Crippen molar-refractivity contribution in [1.82, 2.24) is 5.32 Å². The molecule has 5 N–H and O–H groups in total. The van der Waals surface area contributed by atoms with Crippen molar-refractivity contribution in [3.63, 3.8) is 0 Å². The third-order valence-electron chi connectivity index (χ3n) is 3.25. The largest absolute Gasteiger partial charge is 0.493 e. The molecule has 0 heterocycles. The van der Waals surface area contributed by atoms with Crippen LogP contribution in [0, 0.1) is 0 Å². The molecule has 0 saturated heterocycles. The van der Waals surface area contributed by atoms with Crippen molar-refractivity contribution in [2.75, 3.05) is 20.3 Å². The number of aliphatic carboxylic acids is 2. The number of methoxy groups -OCH3 is 1. The van der Waals surface area contributed by atoms with E-state index < -0.39 is 30.7 Å². The lowest BCUT2D eigenvalue weighted by molar-refractivity contribution is -0.135. The number of rotatable bonds is 7. The van der Waals surface area contributed by atoms with Crippen LogP contribution in [0.4, 0.5) is 0 Å². The minimum atomic E-state index is -1.58. The van der Waals surface area contributed by atoms with Crippen LogP contribution < -0.4 is 5.32 Å². The van der Waals surface area contributed by atoms with Crippen LogP contribution in [0.3, 0.4) is 0 Å². The molecule has 0 bridgehead atoms. The fourth-order valence-corrected chi connectivity index (χ4v) is 2.19. The highest BCUT2D eigenvalue weighted by molar-refractivity contribution is 6.01. The van der Waals surface area contributed by atoms with Crippen molar-refractivity contribution in [2.45, 2.75) is 25.4 Å². The number of nitrogens with zero attached hydrogens (tertiary/aromatic N) is 1. The summed E-state index contributed by atoms with van der Waals surface area (Å²) in [7, 11) is 1.33. The highest BCUT2D eigenvalue weighted by Crippen LogP contribution is 2.30. The fourth-order valence-electron chi connectivity index (χ4n) is 2.19. The van der Waals surface area contributed by atoms with Gasteiger partial charge in [0.2, 0.25) is 0 Å². The Hall–Kier alpha value is -2.39. The van der Waals surface area contributed by atoms with Crippen LogP contribution in [0.25, 0.3) is 0 Å². The number of carboxylic acid groups (broad SMARTS) is 2. The zero-order valence-electron chi connectivity index (χ0n) is 12.9. The smallest absolute Gasteiger partial charge is 0.351 e. The van der Waals surface area contributed by atoms with Gasteiger partial charge in [-0.2, -0.15) is 0 Å². The summed E-state index contributed by atoms with van der Waals surface area (Å²) in [5.41, 5.74) is -1.38. The van der Waals surface area contributed by atoms with Gasteiger partial charge in [0.1, 0.15) is 12.2 Å². The van der Waals surface area contributed by atoms with Crippen LogP contribution in [-0.2, 0) is 14.3 Å². The maximum absolute atomic E-state index is 11.1. The minimum absolute atomic E-state index is 0.0939. The van der Waals surface area contributed by atoms with Crippen molar-refractivity contribution < 1.29 is 34.8 Å². The first-order chi connectivity index (χ1) is 10.8. The van der Waals surface area contributed by atoms with Gasteiger partial charge in [0.05, 0.1) is 30.7 Å². The Morgan fingerprint density at radius 2 is 2.04 bits per heavy atom. The van der Waals surface area contributed by atoms with Crippen molar-refractivity contribution in [3.05, 3.63) is 23.2 Å². The number of aliphatic imine (C=N–C) groups is 1. The predicted octanol–water partition coefficient (Wildman–Crippen LogP) is -0.535. The van der Waals surface area contributed by atoms with Gasteiger partial charge in [-0.15, -0.1) is 0 Å². The van der Waals surface area contributed by atoms with Crippen LogP contribution in [0.15, 0.2) is 28.2 Å². The lowest BCUT2D eigenvalue weighted by Crippen LogP contribution is -2.43. The molecule has 0 saturated carbocycles. The molecule has 1 unspecified atom stereocenters. The topological polar surface area (TPSA) is 149 Å². The quantitative estimate of drug-likeness (QED) is 0.391. The molecule has 1 aliphatic carbocycles. The number of aliphatic hydroxyl groups excluding tert-OH is 1. The van der Waals surface area contributed by atoms with Crippen molar-refractivity contribution >= 4 is 17.7 Å². The summed E-state index contributed by atoms with van der Waals surface area (Å²) in [6, 6.07) is 0. The molecular formula is C14H20N2O7. The first-order valence-corrected chi connectivity index (χ1v) is 6.78. The molecule has 1 atom stereocenters. The fraction of sp³-hybridized carbons (Fsp3) is 0.500. The zero-order valence-corrected chi connectivity index (χ0v) is 12.9. The van der Waals surface area contributed by atoms with Crippen LogP contribution in [0.2, 0.25) is 0 Å². The van der Waals surface area contributed by atoms with E-state index in [-0.39, 0.29) is 35.7 Å². The maximum atomic E-state index is 11.1. The minimum Gasteiger partial charge on any atom is -0.493 e. The second kappa shape index (κ2) is 7.75. The van der Waals surface area contributed by atoms with Crippen LogP contribution in [0.1, 0.15) is 19.8 Å². The highest BCUT2D eigenvalue weighted by Gasteiger charge is 2.38. The van der Waals surface area contributed by atoms with Crippen molar-refractivity contribution in [2.24, 2.45) is 4.99 Å². The molecule has 0 aromatic carbocycles. The summed E-state index contributed by atoms with van der Waals surface area (Å²) in [5, 5.41) is 40.2. The molecule has 9 nitrogen and oxygen atoms in total. The summed E-state index contributed by atoms with van der Waals surface area (Å²) in [5.74, 6) is -2.22. The molecule has 0 fully saturated rings. The van der Waals surface area contributed by atoms with Gasteiger partial charge in [0, 0.05) is 12.8 Å². The number of hydrogen-bond donors (Lipinski definition) is 5. The van der Waals surface area contributed by atoms with Gasteiger partial charge in [-0.05, 0) is 6.92 Å². The molecule has 0 amide bonds. The number of allylic oxidation sites excluding steroid dienone is 2. The number of nitrogens with one attached hydrogen (secondary N) is 1. The molecule has 0 aromatic heterocycles. The summed E-state index contributed by atoms with van der Waals surface area (Å²) in [6.45, 7) is 0.385. The zero-order chi connectivity index (χ0) is 17.6. The Labute approximate surface area is 132 Å². The molecule has 23 heavy (non-hydrogen) atoms. The van der Waals surface area contributed by atoms with E-state index >= 15 is 0 Å². The van der Waals surface area contributed by atoms with E-state index in [2.05, 4.69) is 10.3 Å². The van der Waals surface area contributed by atoms with Gasteiger partial charge < -0.3 is 30.5 Å². The van der Waals surface area contributed by atoms with Crippen LogP contribution in [-0.4, -0.2) is 63.9 Å². The van der Waals surface area contributed by atoms with E-state index in [0.717, 1.165) is 0 Å². The molecule has 1 aliphatic rings. The third-order valence-corrected chi connectivity index (χ3v) is 3.25. The van der Waals surface area contributed by atoms with Gasteiger partial charge in [0.15, 0.2) is 5.76 Å². The number of carboxylic acids is 2. The maximum Gasteiger partial charge on any atom is 0.351 e. The Morgan fingerprint density at radius 3 is 2.48 bits per heavy atom. The van der Waals surface area contributed by atoms with E-state index in [9.17, 15) is 19.8 Å². The number of ether oxygens (including phenoxy) is 1. The Morgan fingerprint density at radius 1 is 1.39 bits per heavy atom. The number of carbonyl (C=O) groups is 2. The second-order valence-electron chi connectivity index (χ2n) is 5.04. The number of aliphatic hydroxyl groups is 2. The average molecular weight is 328 g/mol. The van der Waals surface area contributed by atoms with E-state index in [1.165, 1.54) is 20.1 Å². The summed E-state index contributed by atoms with van der Waals surface area (Å²) in [4.78, 5) is 25.7. The van der Waals surface area contributed by atoms with E-state index in [1.54, 1.807) is 0 Å². The van der Waals surface area contributed by atoms with Gasteiger partial charge in [-0.25, -0.2) is 4.79 Å². The Balaban J connectivity index is 3.30. The van der Waals surface area contributed by atoms with Gasteiger partial charge in [-0.1, -0.05) is 6.08 Å². The molecule has 0 aliphatic heterocycles. The predicted molar refractivity (Wildman–Crippen MR) is 79.8 cm³/mol. The van der Waals surface area contributed by atoms with E-state index in [1.807, 2.05) is 0 Å². The lowest BCUT2D eigenvalue weighted by atomic mass is 9.85. The van der Waals surface area contributed by atoms with Crippen LogP contribution >= 0.6 is 0 Å². The highest BCUT2D eigenvalue weighted by atomic mass is 16.5. The van der Waals surface area contributed by atoms with Gasteiger partial charge in [-0.3, -0.25) is 9.79 Å². The molecule has 128 valence electrons. The summed E-state index contributed by atoms with van der Waals surface area (Å²) in [6.07, 6.45) is 1.12.